The first-order valence-corrected chi connectivity index (χ1v) is 6.15. The number of rotatable bonds is 6. The van der Waals surface area contributed by atoms with Gasteiger partial charge in [0.05, 0.1) is 18.6 Å². The van der Waals surface area contributed by atoms with Gasteiger partial charge in [0.25, 0.3) is 0 Å². The summed E-state index contributed by atoms with van der Waals surface area (Å²) in [7, 11) is 0. The number of azide groups is 1. The van der Waals surface area contributed by atoms with Crippen LogP contribution < -0.4 is 5.73 Å². The molecule has 2 N–H and O–H groups in total. The predicted octanol–water partition coefficient (Wildman–Crippen LogP) is 2.76. The highest BCUT2D eigenvalue weighted by molar-refractivity contribution is 5.37. The van der Waals surface area contributed by atoms with E-state index in [4.69, 9.17) is 11.3 Å². The molecule has 0 aliphatic carbocycles. The van der Waals surface area contributed by atoms with Crippen molar-refractivity contribution >= 4 is 5.82 Å². The smallest absolute Gasteiger partial charge is 0.126 e. The summed E-state index contributed by atoms with van der Waals surface area (Å²) < 4.78 is 1.93. The van der Waals surface area contributed by atoms with Crippen LogP contribution in [0.25, 0.3) is 10.4 Å². The van der Waals surface area contributed by atoms with E-state index >= 15 is 0 Å². The largest absolute Gasteiger partial charge is 0.384 e. The van der Waals surface area contributed by atoms with Gasteiger partial charge in [-0.05, 0) is 23.9 Å². The molecule has 0 saturated heterocycles. The van der Waals surface area contributed by atoms with Gasteiger partial charge in [0.2, 0.25) is 0 Å². The summed E-state index contributed by atoms with van der Waals surface area (Å²) in [5.74, 6) is 0.685. The lowest BCUT2D eigenvalue weighted by Gasteiger charge is -2.05. The van der Waals surface area contributed by atoms with E-state index in [-0.39, 0.29) is 0 Å². The van der Waals surface area contributed by atoms with Crippen molar-refractivity contribution in [1.29, 1.82) is 0 Å². The molecule has 0 fully saturated rings. The van der Waals surface area contributed by atoms with E-state index in [1.807, 2.05) is 22.8 Å². The molecule has 2 aromatic rings. The number of imidazole rings is 1. The summed E-state index contributed by atoms with van der Waals surface area (Å²) in [6.07, 6.45) is 3.24. The summed E-state index contributed by atoms with van der Waals surface area (Å²) in [6, 6.07) is 10.1. The zero-order valence-electron chi connectivity index (χ0n) is 10.6. The molecule has 0 saturated carbocycles. The molecule has 6 heteroatoms. The normalized spacial score (nSPS) is 10.1. The van der Waals surface area contributed by atoms with Crippen LogP contribution in [0.5, 0.6) is 0 Å². The number of anilines is 1. The number of aromatic nitrogens is 2. The number of nitrogen functional groups attached to an aromatic ring is 1. The first-order chi connectivity index (χ1) is 9.31. The van der Waals surface area contributed by atoms with Crippen LogP contribution >= 0.6 is 0 Å². The highest BCUT2D eigenvalue weighted by atomic mass is 15.1. The molecule has 1 aromatic carbocycles. The van der Waals surface area contributed by atoms with Crippen LogP contribution in [-0.4, -0.2) is 16.1 Å². The Bertz CT molecular complexity index is 568. The van der Waals surface area contributed by atoms with Crippen molar-refractivity contribution in [1.82, 2.24) is 9.55 Å². The molecule has 0 aliphatic rings. The monoisotopic (exact) mass is 256 g/mol. The quantitative estimate of drug-likeness (QED) is 0.372. The minimum absolute atomic E-state index is 0.474. The lowest BCUT2D eigenvalue weighted by Crippen LogP contribution is -2.04. The number of hydrogen-bond acceptors (Lipinski definition) is 3. The van der Waals surface area contributed by atoms with E-state index in [0.29, 0.717) is 12.4 Å². The topological polar surface area (TPSA) is 92.6 Å². The zero-order valence-corrected chi connectivity index (χ0v) is 10.6. The Labute approximate surface area is 111 Å². The molecule has 0 radical (unpaired) electrons. The van der Waals surface area contributed by atoms with Crippen LogP contribution in [0.3, 0.4) is 0 Å². The highest BCUT2D eigenvalue weighted by Gasteiger charge is 2.07. The minimum atomic E-state index is 0.474. The SMILES string of the molecule is [N-]=[N+]=NCCCc1ncn(Cc2ccccc2)c1N. The van der Waals surface area contributed by atoms with Gasteiger partial charge in [0.1, 0.15) is 5.82 Å². The summed E-state index contributed by atoms with van der Waals surface area (Å²) in [5.41, 5.74) is 16.3. The second-order valence-electron chi connectivity index (χ2n) is 4.25. The van der Waals surface area contributed by atoms with Gasteiger partial charge in [0.15, 0.2) is 0 Å². The van der Waals surface area contributed by atoms with Crippen molar-refractivity contribution in [3.63, 3.8) is 0 Å². The van der Waals surface area contributed by atoms with Gasteiger partial charge in [-0.25, -0.2) is 4.98 Å². The van der Waals surface area contributed by atoms with E-state index in [1.54, 1.807) is 6.33 Å². The highest BCUT2D eigenvalue weighted by Crippen LogP contribution is 2.14. The van der Waals surface area contributed by atoms with Gasteiger partial charge in [0, 0.05) is 11.5 Å². The van der Waals surface area contributed by atoms with Crippen molar-refractivity contribution < 1.29 is 0 Å². The number of aryl methyl sites for hydroxylation is 1. The van der Waals surface area contributed by atoms with Crippen LogP contribution in [0, 0.1) is 0 Å². The minimum Gasteiger partial charge on any atom is -0.384 e. The van der Waals surface area contributed by atoms with Gasteiger partial charge in [-0.15, -0.1) is 0 Å². The molecule has 98 valence electrons. The first-order valence-electron chi connectivity index (χ1n) is 6.15. The molecule has 2 rings (SSSR count). The lowest BCUT2D eigenvalue weighted by atomic mass is 10.2. The van der Waals surface area contributed by atoms with Gasteiger partial charge >= 0.3 is 0 Å². The van der Waals surface area contributed by atoms with E-state index in [1.165, 1.54) is 5.56 Å². The Balaban J connectivity index is 2.00. The van der Waals surface area contributed by atoms with Crippen LogP contribution in [0.15, 0.2) is 41.8 Å². The third kappa shape index (κ3) is 3.50. The number of nitrogens with two attached hydrogens (primary N) is 1. The average Bonchev–Trinajstić information content (AvgIpc) is 2.78. The lowest BCUT2D eigenvalue weighted by molar-refractivity contribution is 0.800. The van der Waals surface area contributed by atoms with Crippen LogP contribution in [-0.2, 0) is 13.0 Å². The Hall–Kier alpha value is -2.46. The average molecular weight is 256 g/mol. The fraction of sp³-hybridized carbons (Fsp3) is 0.308. The summed E-state index contributed by atoms with van der Waals surface area (Å²) in [6.45, 7) is 1.19. The number of benzene rings is 1. The van der Waals surface area contributed by atoms with Crippen LogP contribution in [0.2, 0.25) is 0 Å². The second kappa shape index (κ2) is 6.47. The predicted molar refractivity (Wildman–Crippen MR) is 74.5 cm³/mol. The molecule has 0 amide bonds. The molecule has 1 heterocycles. The maximum absolute atomic E-state index is 8.20. The van der Waals surface area contributed by atoms with Gasteiger partial charge < -0.3 is 10.3 Å². The Morgan fingerprint density at radius 3 is 2.84 bits per heavy atom. The molecule has 0 aliphatic heterocycles. The van der Waals surface area contributed by atoms with E-state index in [2.05, 4.69) is 27.1 Å². The Kier molecular flexibility index (Phi) is 4.42. The molecule has 0 atom stereocenters. The summed E-state index contributed by atoms with van der Waals surface area (Å²) in [4.78, 5) is 7.03. The molecule has 0 bridgehead atoms. The Morgan fingerprint density at radius 2 is 2.11 bits per heavy atom. The second-order valence-corrected chi connectivity index (χ2v) is 4.25. The van der Waals surface area contributed by atoms with Crippen molar-refractivity contribution in [2.45, 2.75) is 19.4 Å². The van der Waals surface area contributed by atoms with Crippen LogP contribution in [0.4, 0.5) is 5.82 Å². The van der Waals surface area contributed by atoms with Gasteiger partial charge in [-0.1, -0.05) is 35.4 Å². The van der Waals surface area contributed by atoms with Crippen molar-refractivity contribution in [2.24, 2.45) is 5.11 Å². The van der Waals surface area contributed by atoms with Crippen molar-refractivity contribution in [2.75, 3.05) is 12.3 Å². The van der Waals surface area contributed by atoms with Gasteiger partial charge in [-0.2, -0.15) is 0 Å². The summed E-state index contributed by atoms with van der Waals surface area (Å²) >= 11 is 0. The molecular formula is C13H16N6. The van der Waals surface area contributed by atoms with Gasteiger partial charge in [-0.3, -0.25) is 0 Å². The standard InChI is InChI=1S/C13H16N6/c14-13-12(7-4-8-17-18-15)16-10-19(13)9-11-5-2-1-3-6-11/h1-3,5-6,10H,4,7-9,14H2. The first kappa shape index (κ1) is 13.0. The maximum Gasteiger partial charge on any atom is 0.126 e. The van der Waals surface area contributed by atoms with Crippen molar-refractivity contribution in [3.8, 4) is 0 Å². The molecule has 0 spiro atoms. The summed E-state index contributed by atoms with van der Waals surface area (Å²) in [5, 5.41) is 3.50. The molecule has 6 nitrogen and oxygen atoms in total. The number of hydrogen-bond donors (Lipinski definition) is 1. The van der Waals surface area contributed by atoms with E-state index in [9.17, 15) is 0 Å². The molecule has 19 heavy (non-hydrogen) atoms. The number of nitrogens with zero attached hydrogens (tertiary/aromatic N) is 5. The fourth-order valence-corrected chi connectivity index (χ4v) is 1.89. The molecule has 0 unspecified atom stereocenters. The molecular weight excluding hydrogens is 240 g/mol. The van der Waals surface area contributed by atoms with Crippen molar-refractivity contribution in [3.05, 3.63) is 58.4 Å². The van der Waals surface area contributed by atoms with Crippen LogP contribution in [0.1, 0.15) is 17.7 Å². The Morgan fingerprint density at radius 1 is 1.32 bits per heavy atom. The van der Waals surface area contributed by atoms with E-state index < -0.39 is 0 Å². The zero-order chi connectivity index (χ0) is 13.5. The van der Waals surface area contributed by atoms with E-state index in [0.717, 1.165) is 25.1 Å². The third-order valence-electron chi connectivity index (χ3n) is 2.89. The molecule has 1 aromatic heterocycles. The fourth-order valence-electron chi connectivity index (χ4n) is 1.89. The maximum atomic E-state index is 8.20. The third-order valence-corrected chi connectivity index (χ3v) is 2.89.